The van der Waals surface area contributed by atoms with Gasteiger partial charge in [-0.15, -0.1) is 0 Å². The molecule has 0 aliphatic heterocycles. The molecular weight excluding hydrogens is 446 g/mol. The van der Waals surface area contributed by atoms with Gasteiger partial charge in [0, 0.05) is 35.2 Å². The number of carboxylic acid groups (broad SMARTS) is 1. The third kappa shape index (κ3) is 8.90. The molecule has 35 heavy (non-hydrogen) atoms. The second-order valence-corrected chi connectivity index (χ2v) is 8.08. The minimum Gasteiger partial charge on any atom is -0.493 e. The smallest absolute Gasteiger partial charge is 0.290 e. The van der Waals surface area contributed by atoms with Crippen LogP contribution in [0.2, 0.25) is 0 Å². The fourth-order valence-electron chi connectivity index (χ4n) is 3.50. The number of amides is 1. The topological polar surface area (TPSA) is 137 Å². The van der Waals surface area contributed by atoms with Crippen LogP contribution in [0, 0.1) is 5.41 Å². The predicted molar refractivity (Wildman–Crippen MR) is 138 cm³/mol. The Hall–Kier alpha value is -3.65. The number of allylic oxidation sites excluding steroid dienone is 1. The van der Waals surface area contributed by atoms with Crippen molar-refractivity contribution in [1.29, 1.82) is 5.41 Å². The van der Waals surface area contributed by atoms with E-state index in [2.05, 4.69) is 6.92 Å². The maximum Gasteiger partial charge on any atom is 0.290 e. The van der Waals surface area contributed by atoms with E-state index in [9.17, 15) is 9.90 Å². The maximum atomic E-state index is 13.3. The average Bonchev–Trinajstić information content (AvgIpc) is 2.85. The van der Waals surface area contributed by atoms with Gasteiger partial charge in [-0.3, -0.25) is 9.59 Å². The second-order valence-electron chi connectivity index (χ2n) is 8.08. The summed E-state index contributed by atoms with van der Waals surface area (Å²) in [6.45, 7) is 6.23. The summed E-state index contributed by atoms with van der Waals surface area (Å²) in [5, 5.41) is 25.5. The van der Waals surface area contributed by atoms with E-state index in [4.69, 9.17) is 25.8 Å². The normalized spacial score (nSPS) is 11.7. The maximum absolute atomic E-state index is 13.3. The van der Waals surface area contributed by atoms with Crippen LogP contribution in [-0.4, -0.2) is 46.4 Å². The Labute approximate surface area is 207 Å². The van der Waals surface area contributed by atoms with Gasteiger partial charge < -0.3 is 31.0 Å². The number of nitrogens with two attached hydrogens (primary N) is 1. The molecule has 0 spiro atoms. The van der Waals surface area contributed by atoms with Crippen LogP contribution in [-0.2, 0) is 4.79 Å². The highest BCUT2D eigenvalue weighted by Gasteiger charge is 2.29. The van der Waals surface area contributed by atoms with Crippen molar-refractivity contribution in [2.24, 2.45) is 5.73 Å². The number of aliphatic hydroxyl groups excluding tert-OH is 1. The van der Waals surface area contributed by atoms with Crippen LogP contribution >= 0.6 is 0 Å². The molecule has 1 amide bonds. The molecule has 0 aromatic heterocycles. The molecule has 0 heterocycles. The van der Waals surface area contributed by atoms with Gasteiger partial charge in [-0.2, -0.15) is 0 Å². The van der Waals surface area contributed by atoms with E-state index < -0.39 is 6.23 Å². The van der Waals surface area contributed by atoms with E-state index in [1.807, 2.05) is 32.0 Å². The van der Waals surface area contributed by atoms with Crippen LogP contribution in [0.15, 0.2) is 54.7 Å². The van der Waals surface area contributed by atoms with Gasteiger partial charge in [0.1, 0.15) is 5.75 Å². The minimum atomic E-state index is -1.14. The molecule has 190 valence electrons. The Kier molecular flexibility index (Phi) is 13.5. The molecule has 0 aliphatic carbocycles. The summed E-state index contributed by atoms with van der Waals surface area (Å²) in [7, 11) is 0. The highest BCUT2D eigenvalue weighted by molar-refractivity contribution is 6.08. The Balaban J connectivity index is 0.00000194. The number of rotatable bonds is 12. The highest BCUT2D eigenvalue weighted by atomic mass is 16.5. The van der Waals surface area contributed by atoms with E-state index in [0.717, 1.165) is 24.8 Å². The molecule has 0 bridgehead atoms. The lowest BCUT2D eigenvalue weighted by atomic mass is 10.0. The van der Waals surface area contributed by atoms with Crippen molar-refractivity contribution in [2.45, 2.75) is 58.7 Å². The van der Waals surface area contributed by atoms with Crippen LogP contribution in [0.4, 0.5) is 0 Å². The lowest BCUT2D eigenvalue weighted by molar-refractivity contribution is -0.122. The first kappa shape index (κ1) is 29.4. The number of hydrogen-bond donors (Lipinski definition) is 4. The van der Waals surface area contributed by atoms with Gasteiger partial charge in [-0.1, -0.05) is 56.5 Å². The molecule has 5 N–H and O–H groups in total. The van der Waals surface area contributed by atoms with Crippen molar-refractivity contribution < 1.29 is 24.5 Å². The van der Waals surface area contributed by atoms with Crippen molar-refractivity contribution in [2.75, 3.05) is 6.61 Å². The molecule has 8 heteroatoms. The quantitative estimate of drug-likeness (QED) is 0.148. The summed E-state index contributed by atoms with van der Waals surface area (Å²) in [4.78, 5) is 23.1. The number of carbonyl (C=O) groups excluding carboxylic acids is 1. The standard InChI is InChI=1S/C26H35N3O3.CH2O2/c1-4-5-6-9-16-32-24-11-8-7-10-23(24)26(31)29(19(2)3)25(30)21-14-12-20(13-15-21)22(17-27)18-28;2-1-3/h7-8,10-15,17-19,26-27,31H,4-6,9,16,28H2,1-3H3;1H,(H,2,3)/b22-18+,27-17?;. The third-order valence-electron chi connectivity index (χ3n) is 5.31. The lowest BCUT2D eigenvalue weighted by Crippen LogP contribution is -2.40. The second kappa shape index (κ2) is 16.1. The van der Waals surface area contributed by atoms with Crippen LogP contribution < -0.4 is 10.5 Å². The molecule has 0 radical (unpaired) electrons. The third-order valence-corrected chi connectivity index (χ3v) is 5.31. The lowest BCUT2D eigenvalue weighted by Gasteiger charge is -2.32. The molecule has 0 saturated heterocycles. The largest absolute Gasteiger partial charge is 0.493 e. The van der Waals surface area contributed by atoms with Gasteiger partial charge in [0.25, 0.3) is 12.4 Å². The first-order chi connectivity index (χ1) is 16.9. The molecule has 2 rings (SSSR count). The summed E-state index contributed by atoms with van der Waals surface area (Å²) in [6.07, 6.45) is 5.76. The first-order valence-corrected chi connectivity index (χ1v) is 11.7. The molecule has 2 aromatic carbocycles. The number of unbranched alkanes of at least 4 members (excludes halogenated alkanes) is 3. The number of aliphatic hydroxyl groups is 1. The average molecular weight is 484 g/mol. The Bertz CT molecular complexity index is 958. The molecule has 2 aromatic rings. The number of para-hydroxylation sites is 1. The van der Waals surface area contributed by atoms with Crippen molar-refractivity contribution in [3.8, 4) is 5.75 Å². The summed E-state index contributed by atoms with van der Waals surface area (Å²) in [6, 6.07) is 13.9. The molecule has 8 nitrogen and oxygen atoms in total. The molecule has 0 aliphatic rings. The summed E-state index contributed by atoms with van der Waals surface area (Å²) < 4.78 is 5.95. The fourth-order valence-corrected chi connectivity index (χ4v) is 3.50. The molecular formula is C27H37N3O5. The summed E-state index contributed by atoms with van der Waals surface area (Å²) in [5.74, 6) is 0.305. The first-order valence-electron chi connectivity index (χ1n) is 11.7. The number of hydrogen-bond acceptors (Lipinski definition) is 6. The van der Waals surface area contributed by atoms with Crippen molar-refractivity contribution in [1.82, 2.24) is 4.90 Å². The van der Waals surface area contributed by atoms with E-state index in [1.165, 1.54) is 23.7 Å². The van der Waals surface area contributed by atoms with Crippen molar-refractivity contribution in [3.63, 3.8) is 0 Å². The van der Waals surface area contributed by atoms with Gasteiger partial charge in [-0.25, -0.2) is 0 Å². The van der Waals surface area contributed by atoms with E-state index >= 15 is 0 Å². The van der Waals surface area contributed by atoms with Crippen LogP contribution in [0.25, 0.3) is 5.57 Å². The van der Waals surface area contributed by atoms with E-state index in [1.54, 1.807) is 30.3 Å². The van der Waals surface area contributed by atoms with Gasteiger partial charge in [0.15, 0.2) is 6.23 Å². The summed E-state index contributed by atoms with van der Waals surface area (Å²) >= 11 is 0. The van der Waals surface area contributed by atoms with Gasteiger partial charge >= 0.3 is 0 Å². The van der Waals surface area contributed by atoms with E-state index in [-0.39, 0.29) is 18.4 Å². The molecule has 1 atom stereocenters. The zero-order chi connectivity index (χ0) is 26.2. The van der Waals surface area contributed by atoms with Crippen LogP contribution in [0.5, 0.6) is 5.75 Å². The van der Waals surface area contributed by atoms with Crippen LogP contribution in [0.1, 0.15) is 74.2 Å². The monoisotopic (exact) mass is 483 g/mol. The van der Waals surface area contributed by atoms with Gasteiger partial charge in [0.2, 0.25) is 0 Å². The molecule has 0 saturated carbocycles. The summed E-state index contributed by atoms with van der Waals surface area (Å²) in [5.41, 5.74) is 7.87. The number of benzene rings is 2. The Morgan fingerprint density at radius 1 is 1.09 bits per heavy atom. The van der Waals surface area contributed by atoms with Gasteiger partial charge in [0.05, 0.1) is 6.61 Å². The Morgan fingerprint density at radius 2 is 1.69 bits per heavy atom. The molecule has 0 fully saturated rings. The number of ether oxygens (including phenoxy) is 1. The number of nitrogens with one attached hydrogen (secondary N) is 1. The molecule has 1 unspecified atom stereocenters. The fraction of sp³-hybridized carbons (Fsp3) is 0.370. The van der Waals surface area contributed by atoms with E-state index in [0.29, 0.717) is 29.1 Å². The minimum absolute atomic E-state index is 0.240. The van der Waals surface area contributed by atoms with Gasteiger partial charge in [-0.05, 0) is 44.0 Å². The highest BCUT2D eigenvalue weighted by Crippen LogP contribution is 2.30. The number of carbonyl (C=O) groups is 2. The number of nitrogens with zero attached hydrogens (tertiary/aromatic N) is 1. The zero-order valence-electron chi connectivity index (χ0n) is 20.7. The Morgan fingerprint density at radius 3 is 2.23 bits per heavy atom. The predicted octanol–water partition coefficient (Wildman–Crippen LogP) is 4.84. The zero-order valence-corrected chi connectivity index (χ0v) is 20.7. The SMILES string of the molecule is CCCCCCOc1ccccc1C(O)N(C(=O)c1ccc(/C(C=N)=C/N)cc1)C(C)C.O=CO. The van der Waals surface area contributed by atoms with Crippen molar-refractivity contribution >= 4 is 24.2 Å². The van der Waals surface area contributed by atoms with Crippen LogP contribution in [0.3, 0.4) is 0 Å². The van der Waals surface area contributed by atoms with Crippen molar-refractivity contribution in [3.05, 3.63) is 71.4 Å².